The molecule has 1 aromatic carbocycles. The van der Waals surface area contributed by atoms with Crippen LogP contribution >= 0.6 is 0 Å². The summed E-state index contributed by atoms with van der Waals surface area (Å²) in [5, 5.41) is 11.7. The van der Waals surface area contributed by atoms with E-state index in [1.165, 1.54) is 19.3 Å². The third kappa shape index (κ3) is 3.97. The Morgan fingerprint density at radius 2 is 2.12 bits per heavy atom. The number of hydrogen-bond donors (Lipinski definition) is 1. The van der Waals surface area contributed by atoms with E-state index < -0.39 is 0 Å². The molecular formula is C20H22N4O. The van der Waals surface area contributed by atoms with E-state index in [1.54, 1.807) is 30.5 Å². The number of rotatable bonds is 4. The molecule has 1 saturated heterocycles. The molecule has 0 radical (unpaired) electrons. The Bertz CT molecular complexity index is 779. The zero-order valence-corrected chi connectivity index (χ0v) is 14.4. The summed E-state index contributed by atoms with van der Waals surface area (Å²) in [6, 6.07) is 13.2. The summed E-state index contributed by atoms with van der Waals surface area (Å²) in [7, 11) is 0. The maximum Gasteiger partial charge on any atom is 0.274 e. The Balaban J connectivity index is 1.75. The van der Waals surface area contributed by atoms with Gasteiger partial charge in [-0.2, -0.15) is 5.26 Å². The highest BCUT2D eigenvalue weighted by Crippen LogP contribution is 2.26. The number of nitriles is 1. The fourth-order valence-electron chi connectivity index (χ4n) is 3.31. The largest absolute Gasteiger partial charge is 0.368 e. The highest BCUT2D eigenvalue weighted by atomic mass is 16.1. The van der Waals surface area contributed by atoms with E-state index in [1.807, 2.05) is 12.1 Å². The van der Waals surface area contributed by atoms with Crippen molar-refractivity contribution in [2.75, 3.05) is 16.8 Å². The normalized spacial score (nSPS) is 17.0. The van der Waals surface area contributed by atoms with Gasteiger partial charge in [0.15, 0.2) is 0 Å². The van der Waals surface area contributed by atoms with Gasteiger partial charge in [-0.3, -0.25) is 9.78 Å². The Labute approximate surface area is 148 Å². The minimum atomic E-state index is -0.239. The number of hydrogen-bond acceptors (Lipinski definition) is 4. The number of piperidine rings is 1. The molecule has 1 fully saturated rings. The zero-order valence-electron chi connectivity index (χ0n) is 14.4. The van der Waals surface area contributed by atoms with Crippen LogP contribution in [0.1, 0.15) is 48.7 Å². The molecule has 1 amide bonds. The SMILES string of the molecule is CCC1CCCCN1c1ccnc(C(=O)Nc2ccc(C#N)cc2)c1. The van der Waals surface area contributed by atoms with Crippen LogP contribution in [0.2, 0.25) is 0 Å². The van der Waals surface area contributed by atoms with Gasteiger partial charge in [-0.25, -0.2) is 0 Å². The lowest BCUT2D eigenvalue weighted by molar-refractivity contribution is 0.102. The molecule has 0 bridgehead atoms. The van der Waals surface area contributed by atoms with Crippen LogP contribution in [0, 0.1) is 11.3 Å². The second-order valence-corrected chi connectivity index (χ2v) is 6.29. The second-order valence-electron chi connectivity index (χ2n) is 6.29. The molecule has 0 saturated carbocycles. The minimum Gasteiger partial charge on any atom is -0.368 e. The molecule has 1 aromatic heterocycles. The van der Waals surface area contributed by atoms with Crippen molar-refractivity contribution < 1.29 is 4.79 Å². The molecule has 1 aliphatic rings. The van der Waals surface area contributed by atoms with Gasteiger partial charge in [-0.15, -0.1) is 0 Å². The summed E-state index contributed by atoms with van der Waals surface area (Å²) in [4.78, 5) is 19.1. The van der Waals surface area contributed by atoms with Crippen molar-refractivity contribution in [3.05, 3.63) is 53.9 Å². The lowest BCUT2D eigenvalue weighted by atomic mass is 9.99. The van der Waals surface area contributed by atoms with Crippen molar-refractivity contribution in [2.45, 2.75) is 38.6 Å². The highest BCUT2D eigenvalue weighted by Gasteiger charge is 2.22. The first-order chi connectivity index (χ1) is 12.2. The molecule has 2 heterocycles. The fraction of sp³-hybridized carbons (Fsp3) is 0.350. The Morgan fingerprint density at radius 1 is 1.32 bits per heavy atom. The topological polar surface area (TPSA) is 69.0 Å². The predicted molar refractivity (Wildman–Crippen MR) is 98.6 cm³/mol. The minimum absolute atomic E-state index is 0.239. The van der Waals surface area contributed by atoms with Crippen molar-refractivity contribution >= 4 is 17.3 Å². The van der Waals surface area contributed by atoms with Gasteiger partial charge in [-0.1, -0.05) is 6.92 Å². The molecular weight excluding hydrogens is 312 g/mol. The number of nitrogens with zero attached hydrogens (tertiary/aromatic N) is 3. The number of aromatic nitrogens is 1. The smallest absolute Gasteiger partial charge is 0.274 e. The zero-order chi connectivity index (χ0) is 17.6. The van der Waals surface area contributed by atoms with E-state index in [0.717, 1.165) is 18.7 Å². The van der Waals surface area contributed by atoms with Crippen molar-refractivity contribution in [3.8, 4) is 6.07 Å². The molecule has 0 spiro atoms. The maximum absolute atomic E-state index is 12.5. The van der Waals surface area contributed by atoms with Gasteiger partial charge in [0.2, 0.25) is 0 Å². The first-order valence-electron chi connectivity index (χ1n) is 8.75. The third-order valence-electron chi connectivity index (χ3n) is 4.68. The van der Waals surface area contributed by atoms with Crippen LogP contribution in [-0.2, 0) is 0 Å². The Morgan fingerprint density at radius 3 is 2.84 bits per heavy atom. The monoisotopic (exact) mass is 334 g/mol. The van der Waals surface area contributed by atoms with Crippen LogP contribution in [-0.4, -0.2) is 23.5 Å². The van der Waals surface area contributed by atoms with Gasteiger partial charge in [0.05, 0.1) is 11.6 Å². The van der Waals surface area contributed by atoms with Crippen LogP contribution in [0.5, 0.6) is 0 Å². The Hall–Kier alpha value is -2.87. The van der Waals surface area contributed by atoms with Crippen LogP contribution in [0.3, 0.4) is 0 Å². The number of pyridine rings is 1. The van der Waals surface area contributed by atoms with E-state index in [2.05, 4.69) is 28.2 Å². The van der Waals surface area contributed by atoms with Crippen molar-refractivity contribution in [3.63, 3.8) is 0 Å². The number of anilines is 2. The number of nitrogens with one attached hydrogen (secondary N) is 1. The first-order valence-corrected chi connectivity index (χ1v) is 8.75. The number of carbonyl (C=O) groups excluding carboxylic acids is 1. The average molecular weight is 334 g/mol. The van der Waals surface area contributed by atoms with Crippen LogP contribution < -0.4 is 10.2 Å². The molecule has 0 aliphatic carbocycles. The van der Waals surface area contributed by atoms with E-state index >= 15 is 0 Å². The summed E-state index contributed by atoms with van der Waals surface area (Å²) in [6.45, 7) is 3.24. The molecule has 1 unspecified atom stereocenters. The van der Waals surface area contributed by atoms with Gasteiger partial charge in [0.25, 0.3) is 5.91 Å². The van der Waals surface area contributed by atoms with Gasteiger partial charge in [0.1, 0.15) is 5.69 Å². The second kappa shape index (κ2) is 7.80. The van der Waals surface area contributed by atoms with Crippen LogP contribution in [0.25, 0.3) is 0 Å². The number of benzene rings is 1. The molecule has 128 valence electrons. The number of amides is 1. The van der Waals surface area contributed by atoms with E-state index in [0.29, 0.717) is 23.0 Å². The molecule has 5 heteroatoms. The summed E-state index contributed by atoms with van der Waals surface area (Å²) in [5.41, 5.74) is 2.68. The summed E-state index contributed by atoms with van der Waals surface area (Å²) in [5.74, 6) is -0.239. The van der Waals surface area contributed by atoms with Gasteiger partial charge < -0.3 is 10.2 Å². The lowest BCUT2D eigenvalue weighted by Crippen LogP contribution is -2.39. The summed E-state index contributed by atoms with van der Waals surface area (Å²) < 4.78 is 0. The molecule has 1 atom stereocenters. The summed E-state index contributed by atoms with van der Waals surface area (Å²) >= 11 is 0. The van der Waals surface area contributed by atoms with Gasteiger partial charge in [0, 0.05) is 30.2 Å². The standard InChI is InChI=1S/C20H22N4O/c1-2-17-5-3-4-12-24(17)18-10-11-22-19(13-18)20(25)23-16-8-6-15(14-21)7-9-16/h6-11,13,17H,2-5,12H2,1H3,(H,23,25). The van der Waals surface area contributed by atoms with Gasteiger partial charge >= 0.3 is 0 Å². The van der Waals surface area contributed by atoms with E-state index in [-0.39, 0.29) is 5.91 Å². The highest BCUT2D eigenvalue weighted by molar-refractivity contribution is 6.03. The molecule has 3 rings (SSSR count). The van der Waals surface area contributed by atoms with E-state index in [4.69, 9.17) is 5.26 Å². The third-order valence-corrected chi connectivity index (χ3v) is 4.68. The molecule has 5 nitrogen and oxygen atoms in total. The fourth-order valence-corrected chi connectivity index (χ4v) is 3.31. The van der Waals surface area contributed by atoms with Crippen molar-refractivity contribution in [1.82, 2.24) is 4.98 Å². The molecule has 25 heavy (non-hydrogen) atoms. The average Bonchev–Trinajstić information content (AvgIpc) is 2.68. The molecule has 1 N–H and O–H groups in total. The lowest BCUT2D eigenvalue weighted by Gasteiger charge is -2.37. The Kier molecular flexibility index (Phi) is 5.30. The first kappa shape index (κ1) is 17.0. The van der Waals surface area contributed by atoms with Crippen LogP contribution in [0.4, 0.5) is 11.4 Å². The molecule has 1 aliphatic heterocycles. The molecule has 2 aromatic rings. The van der Waals surface area contributed by atoms with Crippen molar-refractivity contribution in [1.29, 1.82) is 5.26 Å². The van der Waals surface area contributed by atoms with Crippen LogP contribution in [0.15, 0.2) is 42.6 Å². The summed E-state index contributed by atoms with van der Waals surface area (Å²) in [6.07, 6.45) is 6.46. The quantitative estimate of drug-likeness (QED) is 0.918. The van der Waals surface area contributed by atoms with E-state index in [9.17, 15) is 4.79 Å². The van der Waals surface area contributed by atoms with Crippen molar-refractivity contribution in [2.24, 2.45) is 0 Å². The maximum atomic E-state index is 12.5. The number of carbonyl (C=O) groups is 1. The van der Waals surface area contributed by atoms with Gasteiger partial charge in [-0.05, 0) is 62.1 Å². The predicted octanol–water partition coefficient (Wildman–Crippen LogP) is 3.97.